The van der Waals surface area contributed by atoms with Crippen LogP contribution >= 0.6 is 11.3 Å². The van der Waals surface area contributed by atoms with Crippen molar-refractivity contribution in [2.45, 2.75) is 39.2 Å². The summed E-state index contributed by atoms with van der Waals surface area (Å²) in [5.41, 5.74) is 0. The molecule has 0 amide bonds. The number of carbonyl (C=O) groups is 1. The fraction of sp³-hybridized carbons (Fsp3) is 0.643. The highest BCUT2D eigenvalue weighted by Crippen LogP contribution is 2.22. The largest absolute Gasteiger partial charge is 0.299 e. The SMILES string of the molecule is CCN(Cc1cccs1)CC1CCCCC1=O. The van der Waals surface area contributed by atoms with Gasteiger partial charge in [-0.25, -0.2) is 0 Å². The Balaban J connectivity index is 1.88. The molecule has 1 aliphatic carbocycles. The number of ketones is 1. The zero-order chi connectivity index (χ0) is 12.1. The molecule has 94 valence electrons. The summed E-state index contributed by atoms with van der Waals surface area (Å²) in [4.78, 5) is 15.6. The van der Waals surface area contributed by atoms with Crippen LogP contribution < -0.4 is 0 Å². The van der Waals surface area contributed by atoms with Crippen molar-refractivity contribution in [2.24, 2.45) is 5.92 Å². The van der Waals surface area contributed by atoms with Crippen LogP contribution in [0.1, 0.15) is 37.5 Å². The van der Waals surface area contributed by atoms with E-state index in [-0.39, 0.29) is 0 Å². The molecular formula is C14H21NOS. The van der Waals surface area contributed by atoms with Crippen molar-refractivity contribution in [2.75, 3.05) is 13.1 Å². The molecule has 0 aliphatic heterocycles. The highest BCUT2D eigenvalue weighted by atomic mass is 32.1. The molecule has 0 radical (unpaired) electrons. The Morgan fingerprint density at radius 2 is 2.35 bits per heavy atom. The molecule has 0 spiro atoms. The molecule has 1 heterocycles. The summed E-state index contributed by atoms with van der Waals surface area (Å²) >= 11 is 1.80. The van der Waals surface area contributed by atoms with Crippen molar-refractivity contribution in [3.63, 3.8) is 0 Å². The first-order valence-corrected chi connectivity index (χ1v) is 7.45. The van der Waals surface area contributed by atoms with Crippen molar-refractivity contribution in [3.8, 4) is 0 Å². The van der Waals surface area contributed by atoms with Gasteiger partial charge in [0, 0.05) is 30.3 Å². The number of carbonyl (C=O) groups excluding carboxylic acids is 1. The molecule has 1 unspecified atom stereocenters. The van der Waals surface area contributed by atoms with Crippen LogP contribution in [0, 0.1) is 5.92 Å². The Labute approximate surface area is 108 Å². The lowest BCUT2D eigenvalue weighted by molar-refractivity contribution is -0.125. The van der Waals surface area contributed by atoms with Crippen LogP contribution in [0.15, 0.2) is 17.5 Å². The van der Waals surface area contributed by atoms with E-state index in [4.69, 9.17) is 0 Å². The summed E-state index contributed by atoms with van der Waals surface area (Å²) in [7, 11) is 0. The number of hydrogen-bond donors (Lipinski definition) is 0. The van der Waals surface area contributed by atoms with Gasteiger partial charge in [-0.1, -0.05) is 19.4 Å². The second kappa shape index (κ2) is 6.31. The number of rotatable bonds is 5. The van der Waals surface area contributed by atoms with Gasteiger partial charge in [0.2, 0.25) is 0 Å². The van der Waals surface area contributed by atoms with Crippen molar-refractivity contribution in [3.05, 3.63) is 22.4 Å². The van der Waals surface area contributed by atoms with Crippen LogP contribution in [0.25, 0.3) is 0 Å². The smallest absolute Gasteiger partial charge is 0.137 e. The lowest BCUT2D eigenvalue weighted by atomic mass is 9.87. The Kier molecular flexibility index (Phi) is 4.75. The zero-order valence-corrected chi connectivity index (χ0v) is 11.3. The van der Waals surface area contributed by atoms with Gasteiger partial charge in [0.25, 0.3) is 0 Å². The third-order valence-electron chi connectivity index (χ3n) is 3.57. The molecule has 0 aromatic carbocycles. The lowest BCUT2D eigenvalue weighted by Gasteiger charge is -2.27. The molecule has 0 bridgehead atoms. The van der Waals surface area contributed by atoms with E-state index in [9.17, 15) is 4.79 Å². The van der Waals surface area contributed by atoms with Gasteiger partial charge in [-0.3, -0.25) is 9.69 Å². The van der Waals surface area contributed by atoms with Gasteiger partial charge in [-0.2, -0.15) is 0 Å². The molecule has 0 saturated heterocycles. The molecule has 1 aromatic rings. The van der Waals surface area contributed by atoms with Crippen molar-refractivity contribution >= 4 is 17.1 Å². The van der Waals surface area contributed by atoms with Gasteiger partial charge >= 0.3 is 0 Å². The molecular weight excluding hydrogens is 230 g/mol. The van der Waals surface area contributed by atoms with E-state index < -0.39 is 0 Å². The van der Waals surface area contributed by atoms with Crippen molar-refractivity contribution in [1.82, 2.24) is 4.90 Å². The van der Waals surface area contributed by atoms with Crippen LogP contribution in [0.4, 0.5) is 0 Å². The molecule has 1 aromatic heterocycles. The predicted octanol–water partition coefficient (Wildman–Crippen LogP) is 3.33. The molecule has 17 heavy (non-hydrogen) atoms. The van der Waals surface area contributed by atoms with E-state index >= 15 is 0 Å². The van der Waals surface area contributed by atoms with E-state index in [1.165, 1.54) is 11.3 Å². The topological polar surface area (TPSA) is 20.3 Å². The normalized spacial score (nSPS) is 21.1. The number of hydrogen-bond acceptors (Lipinski definition) is 3. The highest BCUT2D eigenvalue weighted by Gasteiger charge is 2.23. The van der Waals surface area contributed by atoms with Crippen LogP contribution in [0.2, 0.25) is 0 Å². The highest BCUT2D eigenvalue weighted by molar-refractivity contribution is 7.09. The van der Waals surface area contributed by atoms with Crippen LogP contribution in [0.5, 0.6) is 0 Å². The summed E-state index contributed by atoms with van der Waals surface area (Å²) in [6.45, 7) is 5.16. The van der Waals surface area contributed by atoms with Crippen LogP contribution in [-0.2, 0) is 11.3 Å². The minimum atomic E-state index is 0.295. The summed E-state index contributed by atoms with van der Waals surface area (Å²) < 4.78 is 0. The molecule has 2 nitrogen and oxygen atoms in total. The fourth-order valence-electron chi connectivity index (χ4n) is 2.49. The first-order valence-electron chi connectivity index (χ1n) is 6.57. The summed E-state index contributed by atoms with van der Waals surface area (Å²) in [6, 6.07) is 4.27. The maximum absolute atomic E-state index is 11.8. The Hall–Kier alpha value is -0.670. The number of nitrogens with zero attached hydrogens (tertiary/aromatic N) is 1. The summed E-state index contributed by atoms with van der Waals surface area (Å²) in [6.07, 6.45) is 4.24. The van der Waals surface area contributed by atoms with Gasteiger partial charge in [0.1, 0.15) is 5.78 Å². The average molecular weight is 251 g/mol. The third kappa shape index (κ3) is 3.65. The standard InChI is InChI=1S/C14H21NOS/c1-2-15(11-13-7-5-9-17-13)10-12-6-3-4-8-14(12)16/h5,7,9,12H,2-4,6,8,10-11H2,1H3. The molecule has 0 N–H and O–H groups in total. The maximum Gasteiger partial charge on any atom is 0.137 e. The fourth-order valence-corrected chi connectivity index (χ4v) is 3.23. The number of thiophene rings is 1. The molecule has 1 fully saturated rings. The van der Waals surface area contributed by atoms with Crippen molar-refractivity contribution < 1.29 is 4.79 Å². The minimum absolute atomic E-state index is 0.295. The van der Waals surface area contributed by atoms with E-state index in [1.807, 2.05) is 0 Å². The summed E-state index contributed by atoms with van der Waals surface area (Å²) in [5.74, 6) is 0.782. The minimum Gasteiger partial charge on any atom is -0.299 e. The molecule has 2 rings (SSSR count). The molecule has 3 heteroatoms. The molecule has 1 atom stereocenters. The lowest BCUT2D eigenvalue weighted by Crippen LogP contribution is -2.34. The quantitative estimate of drug-likeness (QED) is 0.800. The Bertz CT molecular complexity index is 347. The number of Topliss-reactive ketones (excluding diaryl/α,β-unsaturated/α-hetero) is 1. The van der Waals surface area contributed by atoms with Crippen LogP contribution in [-0.4, -0.2) is 23.8 Å². The van der Waals surface area contributed by atoms with Crippen LogP contribution in [0.3, 0.4) is 0 Å². The zero-order valence-electron chi connectivity index (χ0n) is 10.5. The molecule has 1 aliphatic rings. The van der Waals surface area contributed by atoms with E-state index in [0.29, 0.717) is 11.7 Å². The van der Waals surface area contributed by atoms with E-state index in [0.717, 1.165) is 38.9 Å². The van der Waals surface area contributed by atoms with Gasteiger partial charge < -0.3 is 0 Å². The monoisotopic (exact) mass is 251 g/mol. The second-order valence-electron chi connectivity index (χ2n) is 4.82. The first kappa shape index (κ1) is 12.8. The van der Waals surface area contributed by atoms with Gasteiger partial charge in [0.05, 0.1) is 0 Å². The van der Waals surface area contributed by atoms with Gasteiger partial charge in [-0.15, -0.1) is 11.3 Å². The van der Waals surface area contributed by atoms with Gasteiger partial charge in [-0.05, 0) is 30.8 Å². The predicted molar refractivity (Wildman–Crippen MR) is 72.2 cm³/mol. The Morgan fingerprint density at radius 3 is 3.00 bits per heavy atom. The van der Waals surface area contributed by atoms with E-state index in [2.05, 4.69) is 29.3 Å². The van der Waals surface area contributed by atoms with Gasteiger partial charge in [0.15, 0.2) is 0 Å². The average Bonchev–Trinajstić information content (AvgIpc) is 2.84. The third-order valence-corrected chi connectivity index (χ3v) is 4.43. The second-order valence-corrected chi connectivity index (χ2v) is 5.85. The first-order chi connectivity index (χ1) is 8.29. The van der Waals surface area contributed by atoms with E-state index in [1.54, 1.807) is 11.3 Å². The maximum atomic E-state index is 11.8. The summed E-state index contributed by atoms with van der Waals surface area (Å²) in [5, 5.41) is 2.12. The Morgan fingerprint density at radius 1 is 1.47 bits per heavy atom. The molecule has 1 saturated carbocycles. The van der Waals surface area contributed by atoms with Crippen molar-refractivity contribution in [1.29, 1.82) is 0 Å².